The predicted molar refractivity (Wildman–Crippen MR) is 56.8 cm³/mol. The molecular formula is C10H14N4O2. The molecule has 2 rings (SSSR count). The van der Waals surface area contributed by atoms with Gasteiger partial charge < -0.3 is 9.80 Å². The summed E-state index contributed by atoms with van der Waals surface area (Å²) in [5.74, 6) is 0.0646. The zero-order valence-corrected chi connectivity index (χ0v) is 9.17. The molecule has 0 unspecified atom stereocenters. The quantitative estimate of drug-likeness (QED) is 0.621. The highest BCUT2D eigenvalue weighted by Crippen LogP contribution is 2.04. The maximum atomic E-state index is 11.9. The Labute approximate surface area is 93.5 Å². The van der Waals surface area contributed by atoms with Crippen molar-refractivity contribution in [2.45, 2.75) is 6.92 Å². The van der Waals surface area contributed by atoms with E-state index in [2.05, 4.69) is 4.98 Å². The van der Waals surface area contributed by atoms with Crippen molar-refractivity contribution in [1.82, 2.24) is 19.4 Å². The highest BCUT2D eigenvalue weighted by Gasteiger charge is 2.22. The zero-order valence-electron chi connectivity index (χ0n) is 9.17. The number of piperazine rings is 1. The summed E-state index contributed by atoms with van der Waals surface area (Å²) in [6.07, 6.45) is 4.68. The van der Waals surface area contributed by atoms with Crippen LogP contribution in [0.4, 0.5) is 4.79 Å². The Hall–Kier alpha value is -1.85. The van der Waals surface area contributed by atoms with E-state index in [0.29, 0.717) is 26.2 Å². The van der Waals surface area contributed by atoms with Gasteiger partial charge in [0.2, 0.25) is 5.91 Å². The van der Waals surface area contributed by atoms with Crippen LogP contribution in [0.25, 0.3) is 0 Å². The summed E-state index contributed by atoms with van der Waals surface area (Å²) in [7, 11) is 0. The Kier molecular flexibility index (Phi) is 2.89. The molecule has 1 fully saturated rings. The van der Waals surface area contributed by atoms with Gasteiger partial charge in [0.25, 0.3) is 0 Å². The fourth-order valence-electron chi connectivity index (χ4n) is 1.75. The number of nitrogens with zero attached hydrogens (tertiary/aromatic N) is 4. The minimum Gasteiger partial charge on any atom is -0.339 e. The van der Waals surface area contributed by atoms with Crippen LogP contribution in [-0.2, 0) is 4.79 Å². The lowest BCUT2D eigenvalue weighted by atomic mass is 10.3. The van der Waals surface area contributed by atoms with Crippen molar-refractivity contribution < 1.29 is 9.59 Å². The van der Waals surface area contributed by atoms with Gasteiger partial charge in [0.15, 0.2) is 0 Å². The van der Waals surface area contributed by atoms with Crippen LogP contribution in [0, 0.1) is 0 Å². The molecule has 6 heteroatoms. The van der Waals surface area contributed by atoms with Gasteiger partial charge in [-0.05, 0) is 0 Å². The molecule has 0 aromatic carbocycles. The summed E-state index contributed by atoms with van der Waals surface area (Å²) in [5.41, 5.74) is 0. The van der Waals surface area contributed by atoms with E-state index in [0.717, 1.165) is 0 Å². The zero-order chi connectivity index (χ0) is 11.5. The van der Waals surface area contributed by atoms with Gasteiger partial charge in [0, 0.05) is 45.5 Å². The second kappa shape index (κ2) is 4.34. The van der Waals surface area contributed by atoms with Crippen molar-refractivity contribution in [1.29, 1.82) is 0 Å². The summed E-state index contributed by atoms with van der Waals surface area (Å²) >= 11 is 0. The Balaban J connectivity index is 1.94. The van der Waals surface area contributed by atoms with Gasteiger partial charge >= 0.3 is 6.03 Å². The van der Waals surface area contributed by atoms with E-state index in [1.807, 2.05) is 0 Å². The Morgan fingerprint density at radius 2 is 1.75 bits per heavy atom. The average Bonchev–Trinajstić information content (AvgIpc) is 2.81. The molecule has 1 saturated heterocycles. The fourth-order valence-corrected chi connectivity index (χ4v) is 1.75. The van der Waals surface area contributed by atoms with Crippen molar-refractivity contribution in [2.75, 3.05) is 26.2 Å². The maximum Gasteiger partial charge on any atom is 0.329 e. The van der Waals surface area contributed by atoms with Gasteiger partial charge in [-0.25, -0.2) is 9.78 Å². The highest BCUT2D eigenvalue weighted by atomic mass is 16.2. The first-order valence-corrected chi connectivity index (χ1v) is 5.21. The van der Waals surface area contributed by atoms with E-state index >= 15 is 0 Å². The van der Waals surface area contributed by atoms with Crippen LogP contribution in [0.15, 0.2) is 18.7 Å². The fraction of sp³-hybridized carbons (Fsp3) is 0.500. The van der Waals surface area contributed by atoms with E-state index in [1.54, 1.807) is 29.1 Å². The van der Waals surface area contributed by atoms with E-state index in [-0.39, 0.29) is 11.9 Å². The van der Waals surface area contributed by atoms with Gasteiger partial charge in [-0.3, -0.25) is 9.36 Å². The minimum absolute atomic E-state index is 0.0646. The van der Waals surface area contributed by atoms with Gasteiger partial charge in [-0.2, -0.15) is 0 Å². The molecule has 0 spiro atoms. The molecule has 2 heterocycles. The number of carbonyl (C=O) groups is 2. The van der Waals surface area contributed by atoms with Crippen LogP contribution in [0.1, 0.15) is 6.92 Å². The largest absolute Gasteiger partial charge is 0.339 e. The highest BCUT2D eigenvalue weighted by molar-refractivity contribution is 5.77. The number of hydrogen-bond acceptors (Lipinski definition) is 3. The molecule has 6 nitrogen and oxygen atoms in total. The molecule has 1 aliphatic heterocycles. The molecule has 2 amide bonds. The summed E-state index contributed by atoms with van der Waals surface area (Å²) < 4.78 is 1.45. The summed E-state index contributed by atoms with van der Waals surface area (Å²) in [6, 6.07) is -0.0827. The second-order valence-electron chi connectivity index (χ2n) is 3.75. The normalized spacial score (nSPS) is 16.3. The van der Waals surface area contributed by atoms with Gasteiger partial charge in [0.1, 0.15) is 6.33 Å². The second-order valence-corrected chi connectivity index (χ2v) is 3.75. The number of imidazole rings is 1. The molecule has 0 saturated carbocycles. The van der Waals surface area contributed by atoms with Crippen LogP contribution >= 0.6 is 0 Å². The van der Waals surface area contributed by atoms with Crippen LogP contribution in [-0.4, -0.2) is 57.5 Å². The molecule has 1 aromatic heterocycles. The topological polar surface area (TPSA) is 58.4 Å². The van der Waals surface area contributed by atoms with Crippen molar-refractivity contribution >= 4 is 11.9 Å². The number of aromatic nitrogens is 2. The summed E-state index contributed by atoms with van der Waals surface area (Å²) in [6.45, 7) is 3.92. The Morgan fingerprint density at radius 3 is 2.25 bits per heavy atom. The summed E-state index contributed by atoms with van der Waals surface area (Å²) in [5, 5.41) is 0. The SMILES string of the molecule is CC(=O)N1CCN(C(=O)n2ccnc2)CC1. The Bertz CT molecular complexity index is 380. The smallest absolute Gasteiger partial charge is 0.329 e. The third-order valence-electron chi connectivity index (χ3n) is 2.72. The number of hydrogen-bond donors (Lipinski definition) is 0. The van der Waals surface area contributed by atoms with Crippen molar-refractivity contribution in [3.8, 4) is 0 Å². The molecule has 0 atom stereocenters. The molecule has 1 aliphatic rings. The lowest BCUT2D eigenvalue weighted by molar-refractivity contribution is -0.130. The maximum absolute atomic E-state index is 11.9. The minimum atomic E-state index is -0.0827. The van der Waals surface area contributed by atoms with Crippen LogP contribution in [0.5, 0.6) is 0 Å². The molecule has 0 bridgehead atoms. The van der Waals surface area contributed by atoms with Crippen molar-refractivity contribution in [3.63, 3.8) is 0 Å². The average molecular weight is 222 g/mol. The van der Waals surface area contributed by atoms with E-state index < -0.39 is 0 Å². The first-order valence-electron chi connectivity index (χ1n) is 5.21. The lowest BCUT2D eigenvalue weighted by Crippen LogP contribution is -2.50. The van der Waals surface area contributed by atoms with Gasteiger partial charge in [0.05, 0.1) is 0 Å². The molecule has 0 radical (unpaired) electrons. The first kappa shape index (κ1) is 10.7. The van der Waals surface area contributed by atoms with Crippen LogP contribution in [0.3, 0.4) is 0 Å². The third kappa shape index (κ3) is 2.05. The predicted octanol–water partition coefficient (Wildman–Crippen LogP) is 0.0153. The third-order valence-corrected chi connectivity index (χ3v) is 2.72. The molecule has 0 N–H and O–H groups in total. The first-order chi connectivity index (χ1) is 7.68. The van der Waals surface area contributed by atoms with Crippen LogP contribution in [0.2, 0.25) is 0 Å². The van der Waals surface area contributed by atoms with Crippen molar-refractivity contribution in [2.24, 2.45) is 0 Å². The van der Waals surface area contributed by atoms with E-state index in [9.17, 15) is 9.59 Å². The summed E-state index contributed by atoms with van der Waals surface area (Å²) in [4.78, 5) is 30.3. The lowest BCUT2D eigenvalue weighted by Gasteiger charge is -2.33. The van der Waals surface area contributed by atoms with Gasteiger partial charge in [-0.15, -0.1) is 0 Å². The molecule has 1 aromatic rings. The van der Waals surface area contributed by atoms with Crippen molar-refractivity contribution in [3.05, 3.63) is 18.7 Å². The van der Waals surface area contributed by atoms with E-state index in [1.165, 1.54) is 10.9 Å². The molecule has 0 aliphatic carbocycles. The molecular weight excluding hydrogens is 208 g/mol. The number of amides is 2. The standard InChI is InChI=1S/C10H14N4O2/c1-9(15)12-4-6-13(7-5-12)10(16)14-3-2-11-8-14/h2-3,8H,4-7H2,1H3. The number of carbonyl (C=O) groups excluding carboxylic acids is 2. The van der Waals surface area contributed by atoms with Gasteiger partial charge in [-0.1, -0.05) is 0 Å². The Morgan fingerprint density at radius 1 is 1.12 bits per heavy atom. The molecule has 16 heavy (non-hydrogen) atoms. The number of rotatable bonds is 0. The molecule has 86 valence electrons. The monoisotopic (exact) mass is 222 g/mol. The van der Waals surface area contributed by atoms with E-state index in [4.69, 9.17) is 0 Å². The van der Waals surface area contributed by atoms with Crippen LogP contribution < -0.4 is 0 Å².